The van der Waals surface area contributed by atoms with Crippen LogP contribution in [0.3, 0.4) is 0 Å². The van der Waals surface area contributed by atoms with Gasteiger partial charge in [0.2, 0.25) is 0 Å². The van der Waals surface area contributed by atoms with Crippen LogP contribution in [-0.2, 0) is 0 Å². The van der Waals surface area contributed by atoms with E-state index in [4.69, 9.17) is 5.73 Å². The van der Waals surface area contributed by atoms with Crippen molar-refractivity contribution in [2.45, 2.75) is 38.4 Å². The lowest BCUT2D eigenvalue weighted by Crippen LogP contribution is -2.43. The number of halogens is 1. The standard InChI is InChI=1S/C13H23BrN2S2/c1-5-11(8-17-4)16(3)13(9(2)15)12-6-10(14)7-18-12/h6-7,9,11,13H,5,8,15H2,1-4H3. The molecule has 1 rings (SSSR count). The van der Waals surface area contributed by atoms with Crippen LogP contribution in [0, 0.1) is 0 Å². The highest BCUT2D eigenvalue weighted by Gasteiger charge is 2.27. The van der Waals surface area contributed by atoms with Crippen molar-refractivity contribution >= 4 is 39.0 Å². The van der Waals surface area contributed by atoms with Gasteiger partial charge in [-0.3, -0.25) is 4.90 Å². The van der Waals surface area contributed by atoms with Crippen LogP contribution in [0.5, 0.6) is 0 Å². The predicted molar refractivity (Wildman–Crippen MR) is 88.6 cm³/mol. The van der Waals surface area contributed by atoms with Crippen molar-refractivity contribution in [2.75, 3.05) is 19.1 Å². The summed E-state index contributed by atoms with van der Waals surface area (Å²) in [5.74, 6) is 1.16. The fourth-order valence-corrected chi connectivity index (χ4v) is 4.82. The highest BCUT2D eigenvalue weighted by molar-refractivity contribution is 9.10. The number of rotatable bonds is 7. The molecule has 0 fully saturated rings. The molecule has 3 atom stereocenters. The molecule has 1 aromatic rings. The fraction of sp³-hybridized carbons (Fsp3) is 0.692. The van der Waals surface area contributed by atoms with Gasteiger partial charge in [0.1, 0.15) is 0 Å². The average molecular weight is 351 g/mol. The molecule has 1 heterocycles. The zero-order valence-electron chi connectivity index (χ0n) is 11.5. The second-order valence-electron chi connectivity index (χ2n) is 4.65. The van der Waals surface area contributed by atoms with Crippen LogP contribution < -0.4 is 5.73 Å². The summed E-state index contributed by atoms with van der Waals surface area (Å²) in [4.78, 5) is 3.79. The number of hydrogen-bond acceptors (Lipinski definition) is 4. The van der Waals surface area contributed by atoms with E-state index in [0.717, 1.165) is 16.6 Å². The number of hydrogen-bond donors (Lipinski definition) is 1. The molecule has 5 heteroatoms. The van der Waals surface area contributed by atoms with E-state index in [1.54, 1.807) is 11.3 Å². The maximum absolute atomic E-state index is 6.21. The van der Waals surface area contributed by atoms with Crippen molar-refractivity contribution in [3.05, 3.63) is 20.8 Å². The monoisotopic (exact) mass is 350 g/mol. The van der Waals surface area contributed by atoms with E-state index >= 15 is 0 Å². The Balaban J connectivity index is 2.90. The summed E-state index contributed by atoms with van der Waals surface area (Å²) in [7, 11) is 2.20. The quantitative estimate of drug-likeness (QED) is 0.806. The van der Waals surface area contributed by atoms with Gasteiger partial charge in [0.15, 0.2) is 0 Å². The van der Waals surface area contributed by atoms with Crippen LogP contribution in [0.4, 0.5) is 0 Å². The van der Waals surface area contributed by atoms with Crippen molar-refractivity contribution in [2.24, 2.45) is 5.73 Å². The molecule has 2 nitrogen and oxygen atoms in total. The summed E-state index contributed by atoms with van der Waals surface area (Å²) in [6.45, 7) is 4.35. The number of nitrogens with two attached hydrogens (primary N) is 1. The second kappa shape index (κ2) is 7.90. The molecule has 2 N–H and O–H groups in total. The zero-order valence-corrected chi connectivity index (χ0v) is 14.7. The highest BCUT2D eigenvalue weighted by atomic mass is 79.9. The van der Waals surface area contributed by atoms with Crippen LogP contribution in [0.2, 0.25) is 0 Å². The van der Waals surface area contributed by atoms with Crippen LogP contribution in [0.1, 0.15) is 31.2 Å². The first-order chi connectivity index (χ1) is 8.51. The summed E-state index contributed by atoms with van der Waals surface area (Å²) in [6.07, 6.45) is 3.33. The van der Waals surface area contributed by atoms with E-state index in [2.05, 4.69) is 59.4 Å². The predicted octanol–water partition coefficient (Wildman–Crippen LogP) is 3.97. The minimum atomic E-state index is 0.136. The second-order valence-corrected chi connectivity index (χ2v) is 7.42. The maximum atomic E-state index is 6.21. The molecular weight excluding hydrogens is 328 g/mol. The summed E-state index contributed by atoms with van der Waals surface area (Å²) >= 11 is 7.22. The molecule has 1 aromatic heterocycles. The lowest BCUT2D eigenvalue weighted by Gasteiger charge is -2.36. The first-order valence-electron chi connectivity index (χ1n) is 6.21. The Morgan fingerprint density at radius 3 is 2.61 bits per heavy atom. The summed E-state index contributed by atoms with van der Waals surface area (Å²) < 4.78 is 1.15. The molecule has 0 aliphatic rings. The van der Waals surface area contributed by atoms with Gasteiger partial charge in [-0.2, -0.15) is 11.8 Å². The number of likely N-dealkylation sites (N-methyl/N-ethyl adjacent to an activating group) is 1. The fourth-order valence-electron chi connectivity index (χ4n) is 2.26. The van der Waals surface area contributed by atoms with E-state index < -0.39 is 0 Å². The lowest BCUT2D eigenvalue weighted by atomic mass is 10.0. The minimum absolute atomic E-state index is 0.136. The molecule has 0 aromatic carbocycles. The van der Waals surface area contributed by atoms with Gasteiger partial charge >= 0.3 is 0 Å². The molecule has 3 unspecified atom stereocenters. The van der Waals surface area contributed by atoms with E-state index in [-0.39, 0.29) is 6.04 Å². The Labute approximate surface area is 127 Å². The van der Waals surface area contributed by atoms with Gasteiger partial charge in [-0.25, -0.2) is 0 Å². The first-order valence-corrected chi connectivity index (χ1v) is 9.28. The Morgan fingerprint density at radius 1 is 1.56 bits per heavy atom. The maximum Gasteiger partial charge on any atom is 0.0591 e. The summed E-state index contributed by atoms with van der Waals surface area (Å²) in [6, 6.07) is 3.22. The third-order valence-electron chi connectivity index (χ3n) is 3.22. The number of thiophene rings is 1. The van der Waals surface area contributed by atoms with Gasteiger partial charge in [0.25, 0.3) is 0 Å². The SMILES string of the molecule is CCC(CSC)N(C)C(c1cc(Br)cs1)C(C)N. The molecule has 0 radical (unpaired) electrons. The van der Waals surface area contributed by atoms with E-state index in [0.29, 0.717) is 12.1 Å². The number of nitrogens with zero attached hydrogens (tertiary/aromatic N) is 1. The van der Waals surface area contributed by atoms with Gasteiger partial charge in [0.05, 0.1) is 6.04 Å². The third-order valence-corrected chi connectivity index (χ3v) is 5.70. The molecule has 104 valence electrons. The van der Waals surface area contributed by atoms with Crippen LogP contribution in [0.15, 0.2) is 15.9 Å². The van der Waals surface area contributed by atoms with E-state index in [1.165, 1.54) is 4.88 Å². The van der Waals surface area contributed by atoms with E-state index in [1.807, 2.05) is 11.8 Å². The van der Waals surface area contributed by atoms with Crippen molar-refractivity contribution in [1.82, 2.24) is 4.90 Å². The average Bonchev–Trinajstić information content (AvgIpc) is 2.72. The number of thioether (sulfide) groups is 1. The van der Waals surface area contributed by atoms with Crippen LogP contribution in [0.25, 0.3) is 0 Å². The Kier molecular flexibility index (Phi) is 7.24. The molecule has 0 spiro atoms. The Bertz CT molecular complexity index is 355. The molecule has 18 heavy (non-hydrogen) atoms. The molecule has 0 saturated carbocycles. The molecular formula is C13H23BrN2S2. The molecule has 0 aliphatic heterocycles. The Hall–Kier alpha value is 0.450. The molecule has 0 saturated heterocycles. The molecule has 0 bridgehead atoms. The minimum Gasteiger partial charge on any atom is -0.326 e. The highest BCUT2D eigenvalue weighted by Crippen LogP contribution is 2.32. The molecule has 0 amide bonds. The van der Waals surface area contributed by atoms with Gasteiger partial charge < -0.3 is 5.73 Å². The summed E-state index contributed by atoms with van der Waals surface area (Å²) in [5, 5.41) is 2.13. The van der Waals surface area contributed by atoms with Crippen molar-refractivity contribution in [3.8, 4) is 0 Å². The lowest BCUT2D eigenvalue weighted by molar-refractivity contribution is 0.167. The van der Waals surface area contributed by atoms with Crippen molar-refractivity contribution in [3.63, 3.8) is 0 Å². The van der Waals surface area contributed by atoms with E-state index in [9.17, 15) is 0 Å². The topological polar surface area (TPSA) is 29.3 Å². The smallest absolute Gasteiger partial charge is 0.0591 e. The Morgan fingerprint density at radius 2 is 2.22 bits per heavy atom. The normalized spacial score (nSPS) is 16.8. The largest absolute Gasteiger partial charge is 0.326 e. The zero-order chi connectivity index (χ0) is 13.7. The molecule has 0 aliphatic carbocycles. The van der Waals surface area contributed by atoms with Gasteiger partial charge in [-0.05, 0) is 48.6 Å². The van der Waals surface area contributed by atoms with Crippen molar-refractivity contribution in [1.29, 1.82) is 0 Å². The third kappa shape index (κ3) is 4.23. The van der Waals surface area contributed by atoms with Crippen LogP contribution in [-0.4, -0.2) is 36.0 Å². The van der Waals surface area contributed by atoms with Gasteiger partial charge in [0, 0.05) is 32.6 Å². The van der Waals surface area contributed by atoms with Gasteiger partial charge in [-0.15, -0.1) is 11.3 Å². The van der Waals surface area contributed by atoms with Crippen LogP contribution >= 0.6 is 39.0 Å². The van der Waals surface area contributed by atoms with Crippen molar-refractivity contribution < 1.29 is 0 Å². The van der Waals surface area contributed by atoms with Gasteiger partial charge in [-0.1, -0.05) is 6.92 Å². The summed E-state index contributed by atoms with van der Waals surface area (Å²) in [5.41, 5.74) is 6.21. The first kappa shape index (κ1) is 16.5.